The molecule has 0 bridgehead atoms. The highest BCUT2D eigenvalue weighted by Gasteiger charge is 2.11. The van der Waals surface area contributed by atoms with Crippen molar-refractivity contribution >= 4 is 11.6 Å². The summed E-state index contributed by atoms with van der Waals surface area (Å²) in [6.45, 7) is 6.42. The van der Waals surface area contributed by atoms with Crippen LogP contribution in [0.1, 0.15) is 26.7 Å². The summed E-state index contributed by atoms with van der Waals surface area (Å²) in [6.07, 6.45) is 2.06. The summed E-state index contributed by atoms with van der Waals surface area (Å²) < 4.78 is 10.2. The van der Waals surface area contributed by atoms with Crippen LogP contribution in [0.3, 0.4) is 0 Å². The predicted molar refractivity (Wildman–Crippen MR) is 56.4 cm³/mol. The molecule has 2 unspecified atom stereocenters. The van der Waals surface area contributed by atoms with Gasteiger partial charge in [0.2, 0.25) is 0 Å². The lowest BCUT2D eigenvalue weighted by molar-refractivity contribution is 0.0643. The molecule has 0 spiro atoms. The maximum Gasteiger partial charge on any atom is 0.0700 e. The van der Waals surface area contributed by atoms with E-state index in [0.717, 1.165) is 19.4 Å². The first-order valence-corrected chi connectivity index (χ1v) is 5.36. The quantitative estimate of drug-likeness (QED) is 0.451. The van der Waals surface area contributed by atoms with Crippen LogP contribution in [-0.2, 0) is 9.47 Å². The Morgan fingerprint density at radius 3 is 2.46 bits per heavy atom. The second kappa shape index (κ2) is 8.79. The molecule has 0 aliphatic rings. The maximum atomic E-state index is 6.08. The molecule has 0 aliphatic carbocycles. The zero-order valence-electron chi connectivity index (χ0n) is 8.88. The van der Waals surface area contributed by atoms with Crippen LogP contribution in [0.4, 0.5) is 0 Å². The Morgan fingerprint density at radius 2 is 1.92 bits per heavy atom. The van der Waals surface area contributed by atoms with Crippen LogP contribution in [0.5, 0.6) is 0 Å². The van der Waals surface area contributed by atoms with Crippen LogP contribution < -0.4 is 0 Å². The van der Waals surface area contributed by atoms with Gasteiger partial charge in [0.25, 0.3) is 0 Å². The highest BCUT2D eigenvalue weighted by molar-refractivity contribution is 6.20. The molecule has 0 radical (unpaired) electrons. The first kappa shape index (κ1) is 13.2. The Labute approximate surface area is 86.6 Å². The third kappa shape index (κ3) is 7.29. The number of rotatable bonds is 8. The number of halogens is 1. The maximum absolute atomic E-state index is 6.08. The molecule has 0 N–H and O–H groups in total. The summed E-state index contributed by atoms with van der Waals surface area (Å²) in [5.41, 5.74) is 0. The molecule has 0 aromatic rings. The molecule has 13 heavy (non-hydrogen) atoms. The summed E-state index contributed by atoms with van der Waals surface area (Å²) in [5.74, 6) is 0.536. The van der Waals surface area contributed by atoms with Gasteiger partial charge in [0.05, 0.1) is 13.2 Å². The van der Waals surface area contributed by atoms with Crippen molar-refractivity contribution in [2.45, 2.75) is 32.1 Å². The Hall–Kier alpha value is 0.210. The number of alkyl halides is 1. The Morgan fingerprint density at radius 1 is 1.23 bits per heavy atom. The van der Waals surface area contributed by atoms with E-state index in [0.29, 0.717) is 19.1 Å². The molecule has 0 saturated carbocycles. The summed E-state index contributed by atoms with van der Waals surface area (Å²) in [6, 6.07) is 0. The number of methoxy groups -OCH3 is 1. The normalized spacial score (nSPS) is 15.7. The molecule has 3 heteroatoms. The molecule has 80 valence electrons. The van der Waals surface area contributed by atoms with Crippen molar-refractivity contribution in [3.05, 3.63) is 0 Å². The van der Waals surface area contributed by atoms with Gasteiger partial charge in [-0.15, -0.1) is 11.6 Å². The fourth-order valence-electron chi connectivity index (χ4n) is 1.10. The third-order valence-electron chi connectivity index (χ3n) is 2.16. The average molecular weight is 209 g/mol. The van der Waals surface area contributed by atoms with Crippen molar-refractivity contribution in [3.8, 4) is 0 Å². The van der Waals surface area contributed by atoms with E-state index in [4.69, 9.17) is 21.1 Å². The lowest BCUT2D eigenvalue weighted by Crippen LogP contribution is -2.13. The van der Waals surface area contributed by atoms with Crippen LogP contribution in [0, 0.1) is 5.92 Å². The van der Waals surface area contributed by atoms with E-state index in [-0.39, 0.29) is 5.38 Å². The van der Waals surface area contributed by atoms with Crippen molar-refractivity contribution in [1.82, 2.24) is 0 Å². The Balaban J connectivity index is 3.21. The molecular formula is C10H21ClO2. The third-order valence-corrected chi connectivity index (χ3v) is 2.90. The minimum absolute atomic E-state index is 0.283. The second-order valence-corrected chi connectivity index (χ2v) is 3.86. The van der Waals surface area contributed by atoms with E-state index < -0.39 is 0 Å². The van der Waals surface area contributed by atoms with Crippen molar-refractivity contribution in [2.24, 2.45) is 5.92 Å². The van der Waals surface area contributed by atoms with Gasteiger partial charge in [-0.1, -0.05) is 13.8 Å². The molecule has 0 rings (SSSR count). The zero-order valence-corrected chi connectivity index (χ0v) is 9.64. The second-order valence-electron chi connectivity index (χ2n) is 3.30. The fourth-order valence-corrected chi connectivity index (χ4v) is 1.22. The highest BCUT2D eigenvalue weighted by Crippen LogP contribution is 2.17. The van der Waals surface area contributed by atoms with Gasteiger partial charge in [-0.2, -0.15) is 0 Å². The predicted octanol–water partition coefficient (Wildman–Crippen LogP) is 2.69. The lowest BCUT2D eigenvalue weighted by Gasteiger charge is -2.15. The molecule has 0 aliphatic heterocycles. The summed E-state index contributed by atoms with van der Waals surface area (Å²) >= 11 is 6.08. The summed E-state index contributed by atoms with van der Waals surface area (Å²) in [5, 5.41) is 0.283. The molecule has 0 heterocycles. The van der Waals surface area contributed by atoms with Gasteiger partial charge in [0.15, 0.2) is 0 Å². The Kier molecular flexibility index (Phi) is 8.93. The molecule has 0 aromatic heterocycles. The molecule has 2 atom stereocenters. The molecule has 2 nitrogen and oxygen atoms in total. The molecule has 0 saturated heterocycles. The SMILES string of the molecule is CCC(Cl)C(C)CCOCCOC. The van der Waals surface area contributed by atoms with Gasteiger partial charge in [0.1, 0.15) is 0 Å². The lowest BCUT2D eigenvalue weighted by atomic mass is 10.0. The van der Waals surface area contributed by atoms with Gasteiger partial charge in [-0.05, 0) is 18.8 Å². The van der Waals surface area contributed by atoms with Gasteiger partial charge in [0, 0.05) is 19.1 Å². The average Bonchev–Trinajstić information content (AvgIpc) is 2.16. The fraction of sp³-hybridized carbons (Fsp3) is 1.00. The van der Waals surface area contributed by atoms with Gasteiger partial charge >= 0.3 is 0 Å². The molecule has 0 aromatic carbocycles. The van der Waals surface area contributed by atoms with Crippen molar-refractivity contribution < 1.29 is 9.47 Å². The van der Waals surface area contributed by atoms with E-state index in [1.807, 2.05) is 0 Å². The zero-order chi connectivity index (χ0) is 10.1. The number of hydrogen-bond donors (Lipinski definition) is 0. The highest BCUT2D eigenvalue weighted by atomic mass is 35.5. The minimum atomic E-state index is 0.283. The van der Waals surface area contributed by atoms with Crippen LogP contribution >= 0.6 is 11.6 Å². The van der Waals surface area contributed by atoms with E-state index in [9.17, 15) is 0 Å². The van der Waals surface area contributed by atoms with E-state index in [1.54, 1.807) is 7.11 Å². The molecule has 0 amide bonds. The van der Waals surface area contributed by atoms with E-state index >= 15 is 0 Å². The number of ether oxygens (including phenoxy) is 2. The monoisotopic (exact) mass is 208 g/mol. The standard InChI is InChI=1S/C10H21ClO2/c1-4-10(11)9(2)5-6-13-8-7-12-3/h9-10H,4-8H2,1-3H3. The number of hydrogen-bond acceptors (Lipinski definition) is 2. The van der Waals surface area contributed by atoms with Gasteiger partial charge in [-0.3, -0.25) is 0 Å². The largest absolute Gasteiger partial charge is 0.382 e. The molecule has 0 fully saturated rings. The summed E-state index contributed by atoms with van der Waals surface area (Å²) in [7, 11) is 1.68. The van der Waals surface area contributed by atoms with Gasteiger partial charge in [-0.25, -0.2) is 0 Å². The van der Waals surface area contributed by atoms with E-state index in [1.165, 1.54) is 0 Å². The van der Waals surface area contributed by atoms with Crippen molar-refractivity contribution in [2.75, 3.05) is 26.9 Å². The summed E-state index contributed by atoms with van der Waals surface area (Å²) in [4.78, 5) is 0. The van der Waals surface area contributed by atoms with E-state index in [2.05, 4.69) is 13.8 Å². The first-order chi connectivity index (χ1) is 6.22. The first-order valence-electron chi connectivity index (χ1n) is 4.93. The Bertz CT molecular complexity index is 109. The smallest absolute Gasteiger partial charge is 0.0700 e. The van der Waals surface area contributed by atoms with Crippen LogP contribution in [-0.4, -0.2) is 32.3 Å². The van der Waals surface area contributed by atoms with Crippen LogP contribution in [0.25, 0.3) is 0 Å². The van der Waals surface area contributed by atoms with Crippen LogP contribution in [0.2, 0.25) is 0 Å². The topological polar surface area (TPSA) is 18.5 Å². The van der Waals surface area contributed by atoms with Crippen LogP contribution in [0.15, 0.2) is 0 Å². The van der Waals surface area contributed by atoms with Crippen molar-refractivity contribution in [3.63, 3.8) is 0 Å². The van der Waals surface area contributed by atoms with Gasteiger partial charge < -0.3 is 9.47 Å². The minimum Gasteiger partial charge on any atom is -0.382 e. The van der Waals surface area contributed by atoms with Crippen molar-refractivity contribution in [1.29, 1.82) is 0 Å². The molecular weight excluding hydrogens is 188 g/mol.